The van der Waals surface area contributed by atoms with Gasteiger partial charge in [0.2, 0.25) is 0 Å². The van der Waals surface area contributed by atoms with E-state index >= 15 is 0 Å². The molecule has 148 valence electrons. The number of carbonyl (C=O) groups excluding carboxylic acids is 2. The van der Waals surface area contributed by atoms with E-state index in [4.69, 9.17) is 0 Å². The summed E-state index contributed by atoms with van der Waals surface area (Å²) >= 11 is 0. The van der Waals surface area contributed by atoms with Crippen LogP contribution in [0.25, 0.3) is 16.7 Å². The molecule has 3 heterocycles. The van der Waals surface area contributed by atoms with Crippen molar-refractivity contribution in [1.29, 1.82) is 0 Å². The van der Waals surface area contributed by atoms with Crippen LogP contribution in [0.4, 0.5) is 18.9 Å². The molecule has 0 bridgehead atoms. The lowest BCUT2D eigenvalue weighted by Gasteiger charge is -2.13. The summed E-state index contributed by atoms with van der Waals surface area (Å²) in [5, 5.41) is 4.75. The summed E-state index contributed by atoms with van der Waals surface area (Å²) in [4.78, 5) is 31.1. The first kappa shape index (κ1) is 18.0. The molecular formula is C21H11F3N4O2. The van der Waals surface area contributed by atoms with Gasteiger partial charge in [-0.05, 0) is 43.3 Å². The summed E-state index contributed by atoms with van der Waals surface area (Å²) in [6, 6.07) is 8.35. The Morgan fingerprint density at radius 2 is 1.57 bits per heavy atom. The van der Waals surface area contributed by atoms with Gasteiger partial charge in [-0.1, -0.05) is 0 Å². The van der Waals surface area contributed by atoms with Gasteiger partial charge in [-0.3, -0.25) is 9.59 Å². The Bertz CT molecular complexity index is 1380. The number of aryl methyl sites for hydroxylation is 1. The van der Waals surface area contributed by atoms with Gasteiger partial charge in [-0.25, -0.2) is 27.7 Å². The van der Waals surface area contributed by atoms with E-state index in [-0.39, 0.29) is 16.8 Å². The van der Waals surface area contributed by atoms with E-state index in [1.54, 1.807) is 6.92 Å². The summed E-state index contributed by atoms with van der Waals surface area (Å²) in [6.07, 6.45) is 1.25. The van der Waals surface area contributed by atoms with Gasteiger partial charge < -0.3 is 0 Å². The van der Waals surface area contributed by atoms with Crippen LogP contribution in [0, 0.1) is 24.4 Å². The molecule has 0 atom stereocenters. The van der Waals surface area contributed by atoms with Crippen LogP contribution in [0.2, 0.25) is 0 Å². The maximum Gasteiger partial charge on any atom is 0.267 e. The van der Waals surface area contributed by atoms with Crippen molar-refractivity contribution >= 4 is 28.5 Å². The summed E-state index contributed by atoms with van der Waals surface area (Å²) in [6.45, 7) is 1.66. The summed E-state index contributed by atoms with van der Waals surface area (Å²) in [5.41, 5.74) is 1.31. The molecule has 0 unspecified atom stereocenters. The summed E-state index contributed by atoms with van der Waals surface area (Å²) < 4.78 is 41.7. The molecule has 0 saturated carbocycles. The normalized spacial score (nSPS) is 13.4. The van der Waals surface area contributed by atoms with Gasteiger partial charge >= 0.3 is 0 Å². The fraction of sp³-hybridized carbons (Fsp3) is 0.0476. The molecule has 0 fully saturated rings. The minimum atomic E-state index is -1.17. The quantitative estimate of drug-likeness (QED) is 0.471. The van der Waals surface area contributed by atoms with E-state index in [1.807, 2.05) is 0 Å². The third kappa shape index (κ3) is 2.45. The monoisotopic (exact) mass is 408 g/mol. The molecule has 4 aromatic rings. The number of pyridine rings is 1. The van der Waals surface area contributed by atoms with Crippen LogP contribution in [-0.4, -0.2) is 26.6 Å². The predicted molar refractivity (Wildman–Crippen MR) is 101 cm³/mol. The Balaban J connectivity index is 1.70. The smallest absolute Gasteiger partial charge is 0.267 e. The lowest BCUT2D eigenvalue weighted by molar-refractivity contribution is 0.0926. The Morgan fingerprint density at radius 1 is 0.867 bits per heavy atom. The number of aromatic nitrogens is 3. The fourth-order valence-electron chi connectivity index (χ4n) is 3.58. The number of fused-ring (bicyclic) bond motifs is 3. The zero-order valence-corrected chi connectivity index (χ0v) is 15.4. The van der Waals surface area contributed by atoms with Crippen molar-refractivity contribution < 1.29 is 22.8 Å². The molecule has 1 aliphatic heterocycles. The molecule has 9 heteroatoms. The number of benzene rings is 2. The Morgan fingerprint density at radius 3 is 2.27 bits per heavy atom. The molecule has 0 N–H and O–H groups in total. The SMILES string of the molecule is Cc1nn(-c2ccc(F)cc2)c2ncc3c(c12)C(=O)N(c1ccc(F)c(F)c1)C3=O. The maximum atomic E-state index is 13.7. The molecule has 30 heavy (non-hydrogen) atoms. The van der Waals surface area contributed by atoms with Crippen LogP contribution >= 0.6 is 0 Å². The Labute approximate surface area is 167 Å². The van der Waals surface area contributed by atoms with E-state index in [1.165, 1.54) is 35.1 Å². The zero-order valence-electron chi connectivity index (χ0n) is 15.4. The summed E-state index contributed by atoms with van der Waals surface area (Å²) in [7, 11) is 0. The topological polar surface area (TPSA) is 68.1 Å². The highest BCUT2D eigenvalue weighted by molar-refractivity contribution is 6.37. The number of imide groups is 1. The van der Waals surface area contributed by atoms with E-state index in [0.717, 1.165) is 23.1 Å². The highest BCUT2D eigenvalue weighted by Crippen LogP contribution is 2.34. The average Bonchev–Trinajstić information content (AvgIpc) is 3.19. The molecule has 2 aromatic carbocycles. The second kappa shape index (κ2) is 6.24. The highest BCUT2D eigenvalue weighted by Gasteiger charge is 2.40. The van der Waals surface area contributed by atoms with Crippen LogP contribution in [0.3, 0.4) is 0 Å². The predicted octanol–water partition coefficient (Wildman–Crippen LogP) is 3.95. The van der Waals surface area contributed by atoms with Crippen molar-refractivity contribution in [2.75, 3.05) is 4.90 Å². The van der Waals surface area contributed by atoms with Crippen molar-refractivity contribution in [3.63, 3.8) is 0 Å². The molecule has 0 aliphatic carbocycles. The van der Waals surface area contributed by atoms with Gasteiger partial charge in [0.15, 0.2) is 17.3 Å². The van der Waals surface area contributed by atoms with E-state index in [0.29, 0.717) is 22.4 Å². The Hall–Kier alpha value is -4.01. The number of anilines is 1. The van der Waals surface area contributed by atoms with E-state index in [9.17, 15) is 22.8 Å². The van der Waals surface area contributed by atoms with Gasteiger partial charge in [-0.2, -0.15) is 5.10 Å². The van der Waals surface area contributed by atoms with Gasteiger partial charge in [-0.15, -0.1) is 0 Å². The first-order valence-electron chi connectivity index (χ1n) is 8.85. The van der Waals surface area contributed by atoms with Crippen molar-refractivity contribution in [3.8, 4) is 5.69 Å². The van der Waals surface area contributed by atoms with Crippen LogP contribution in [0.5, 0.6) is 0 Å². The largest absolute Gasteiger partial charge is 0.268 e. The van der Waals surface area contributed by atoms with Gasteiger partial charge in [0.25, 0.3) is 11.8 Å². The number of nitrogens with zero attached hydrogens (tertiary/aromatic N) is 4. The minimum absolute atomic E-state index is 0.0407. The molecule has 6 nitrogen and oxygen atoms in total. The number of carbonyl (C=O) groups is 2. The Kier molecular flexibility index (Phi) is 3.76. The van der Waals surface area contributed by atoms with Crippen LogP contribution < -0.4 is 4.90 Å². The first-order chi connectivity index (χ1) is 14.4. The molecule has 1 aliphatic rings. The molecule has 0 saturated heterocycles. The fourth-order valence-corrected chi connectivity index (χ4v) is 3.58. The lowest BCUT2D eigenvalue weighted by Crippen LogP contribution is -2.29. The van der Waals surface area contributed by atoms with Crippen LogP contribution in [-0.2, 0) is 0 Å². The van der Waals surface area contributed by atoms with E-state index in [2.05, 4.69) is 10.1 Å². The average molecular weight is 408 g/mol. The van der Waals surface area contributed by atoms with Crippen LogP contribution in [0.1, 0.15) is 26.4 Å². The zero-order chi connectivity index (χ0) is 21.2. The van der Waals surface area contributed by atoms with Gasteiger partial charge in [0, 0.05) is 12.3 Å². The maximum absolute atomic E-state index is 13.7. The van der Waals surface area contributed by atoms with Crippen molar-refractivity contribution in [2.24, 2.45) is 0 Å². The molecule has 0 spiro atoms. The lowest BCUT2D eigenvalue weighted by atomic mass is 10.1. The first-order valence-corrected chi connectivity index (χ1v) is 8.85. The minimum Gasteiger partial charge on any atom is -0.268 e. The second-order valence-corrected chi connectivity index (χ2v) is 6.76. The third-order valence-corrected chi connectivity index (χ3v) is 4.95. The molecule has 0 radical (unpaired) electrons. The second-order valence-electron chi connectivity index (χ2n) is 6.76. The number of rotatable bonds is 2. The standard InChI is InChI=1S/C21H11F3N4O2/c1-10-17-18-14(9-25-19(17)28(26-10)12-4-2-11(22)3-5-12)20(29)27(21(18)30)13-6-7-15(23)16(24)8-13/h2-9H,1H3. The van der Waals surface area contributed by atoms with Crippen molar-refractivity contribution in [1.82, 2.24) is 14.8 Å². The van der Waals surface area contributed by atoms with Crippen molar-refractivity contribution in [2.45, 2.75) is 6.92 Å². The van der Waals surface area contributed by atoms with Crippen LogP contribution in [0.15, 0.2) is 48.7 Å². The van der Waals surface area contributed by atoms with Gasteiger partial charge in [0.05, 0.1) is 33.6 Å². The number of hydrogen-bond donors (Lipinski definition) is 0. The molecule has 2 amide bonds. The van der Waals surface area contributed by atoms with Crippen molar-refractivity contribution in [3.05, 3.63) is 82.9 Å². The summed E-state index contributed by atoms with van der Waals surface area (Å²) in [5.74, 6) is -4.05. The number of halogens is 3. The van der Waals surface area contributed by atoms with Gasteiger partial charge in [0.1, 0.15) is 5.82 Å². The molecular weight excluding hydrogens is 397 g/mol. The molecule has 2 aromatic heterocycles. The number of hydrogen-bond acceptors (Lipinski definition) is 4. The molecule has 5 rings (SSSR count). The number of amides is 2. The highest BCUT2D eigenvalue weighted by atomic mass is 19.2. The van der Waals surface area contributed by atoms with E-state index < -0.39 is 29.3 Å². The third-order valence-electron chi connectivity index (χ3n) is 4.95.